The van der Waals surface area contributed by atoms with Gasteiger partial charge in [-0.1, -0.05) is 0 Å². The first-order valence-corrected chi connectivity index (χ1v) is 8.98. The number of nitrogens with zero attached hydrogens (tertiary/aromatic N) is 1. The van der Waals surface area contributed by atoms with E-state index < -0.39 is 7.01 Å². The summed E-state index contributed by atoms with van der Waals surface area (Å²) in [5, 5.41) is 3.41. The fourth-order valence-electron chi connectivity index (χ4n) is 1.91. The highest BCUT2D eigenvalue weighted by Crippen LogP contribution is 2.17. The molecule has 2 aliphatic heterocycles. The zero-order valence-electron chi connectivity index (χ0n) is 7.34. The van der Waals surface area contributed by atoms with E-state index >= 15 is 0 Å². The Morgan fingerprint density at radius 1 is 1.54 bits per heavy atom. The molecule has 0 saturated carbocycles. The smallest absolute Gasteiger partial charge is 0.118 e. The molecule has 13 heavy (non-hydrogen) atoms. The number of hydrogen-bond acceptors (Lipinski definition) is 3. The summed E-state index contributed by atoms with van der Waals surface area (Å²) in [7, 11) is -1.31. The fourth-order valence-corrected chi connectivity index (χ4v) is 1.91. The largest absolute Gasteiger partial charge is 0.314 e. The monoisotopic (exact) mass is 336 g/mol. The molecule has 0 spiro atoms. The van der Waals surface area contributed by atoms with Crippen molar-refractivity contribution in [3.8, 4) is 0 Å². The van der Waals surface area contributed by atoms with E-state index in [1.54, 1.807) is 0 Å². The highest BCUT2D eigenvalue weighted by Gasteiger charge is 2.25. The average molecular weight is 336 g/mol. The lowest BCUT2D eigenvalue weighted by Crippen LogP contribution is -2.47. The lowest BCUT2D eigenvalue weighted by Gasteiger charge is -2.29. The number of fused-ring (bicyclic) bond motifs is 1. The van der Waals surface area contributed by atoms with Crippen LogP contribution in [0.3, 0.4) is 0 Å². The van der Waals surface area contributed by atoms with Crippen LogP contribution in [0, 0.1) is 0 Å². The van der Waals surface area contributed by atoms with Crippen molar-refractivity contribution in [1.82, 2.24) is 10.2 Å². The lowest BCUT2D eigenvalue weighted by atomic mass is 10.2. The van der Waals surface area contributed by atoms with Crippen LogP contribution in [0.1, 0.15) is 12.8 Å². The molecule has 2 heterocycles. The molecule has 2 aliphatic rings. The minimum Gasteiger partial charge on any atom is -0.314 e. The Morgan fingerprint density at radius 2 is 2.23 bits per heavy atom. The van der Waals surface area contributed by atoms with Gasteiger partial charge in [-0.05, 0) is 30.6 Å². The predicted molar refractivity (Wildman–Crippen MR) is 67.3 cm³/mol. The first kappa shape index (κ1) is 12.2. The Bertz CT molecular complexity index is 166. The van der Waals surface area contributed by atoms with Gasteiger partial charge in [0.2, 0.25) is 0 Å². The second kappa shape index (κ2) is 6.60. The Balaban J connectivity index is 0.000000184. The van der Waals surface area contributed by atoms with Crippen molar-refractivity contribution in [3.63, 3.8) is 0 Å². The maximum atomic E-state index is 10.8. The topological polar surface area (TPSA) is 15.3 Å². The molecule has 2 rings (SSSR count). The van der Waals surface area contributed by atoms with Gasteiger partial charge in [0.15, 0.2) is 0 Å². The molecule has 2 saturated heterocycles. The molecule has 2 unspecified atom stereocenters. The van der Waals surface area contributed by atoms with Gasteiger partial charge in [0.1, 0.15) is 7.01 Å². The third-order valence-corrected chi connectivity index (χ3v) is 2.45. The van der Waals surface area contributed by atoms with Gasteiger partial charge in [0.05, 0.1) is 0 Å². The van der Waals surface area contributed by atoms with Gasteiger partial charge in [-0.2, -0.15) is 3.89 Å². The molecule has 0 aliphatic carbocycles. The third kappa shape index (κ3) is 4.96. The molecule has 0 aromatic carbocycles. The van der Waals surface area contributed by atoms with Crippen molar-refractivity contribution in [2.45, 2.75) is 18.9 Å². The molecule has 0 amide bonds. The highest BCUT2D eigenvalue weighted by molar-refractivity contribution is 14.2. The van der Waals surface area contributed by atoms with Crippen molar-refractivity contribution in [2.75, 3.05) is 26.2 Å². The van der Waals surface area contributed by atoms with Crippen LogP contribution >= 0.6 is 21.2 Å². The fraction of sp³-hybridized carbons (Fsp3) is 1.00. The van der Waals surface area contributed by atoms with Crippen LogP contribution in [0.4, 0.5) is 3.89 Å². The highest BCUT2D eigenvalue weighted by atomic mass is 127. The normalized spacial score (nSPS) is 30.2. The maximum Gasteiger partial charge on any atom is 0.118 e. The Morgan fingerprint density at radius 3 is 2.85 bits per heavy atom. The second-order valence-electron chi connectivity index (χ2n) is 3.22. The molecule has 0 bridgehead atoms. The summed E-state index contributed by atoms with van der Waals surface area (Å²) in [6.07, 6.45) is 2.85. The van der Waals surface area contributed by atoms with Crippen molar-refractivity contribution in [3.05, 3.63) is 0 Å². The number of halogens is 2. The van der Waals surface area contributed by atoms with Crippen LogP contribution < -0.4 is 5.32 Å². The van der Waals surface area contributed by atoms with Crippen molar-refractivity contribution in [1.29, 1.82) is 0 Å². The summed E-state index contributed by atoms with van der Waals surface area (Å²) < 4.78 is 10.8. The minimum absolute atomic E-state index is 0.888. The van der Waals surface area contributed by atoms with Gasteiger partial charge in [0.25, 0.3) is 0 Å². The Kier molecular flexibility index (Phi) is 6.20. The summed E-state index contributed by atoms with van der Waals surface area (Å²) in [6, 6.07) is 0.888. The number of nitrogens with one attached hydrogen (secondary N) is 1. The standard InChI is InChI=1S/C7H14N2.FIS2/c1-2-7-6-8-3-5-9(7)4-1;1-4(2)3/h7-8H,1-6H2;. The second-order valence-corrected chi connectivity index (χ2v) is 8.58. The van der Waals surface area contributed by atoms with Gasteiger partial charge < -0.3 is 5.32 Å². The molecule has 6 heteroatoms. The summed E-state index contributed by atoms with van der Waals surface area (Å²) in [5.41, 5.74) is 0. The molecule has 1 N–H and O–H groups in total. The summed E-state index contributed by atoms with van der Waals surface area (Å²) in [5.74, 6) is 0. The van der Waals surface area contributed by atoms with Gasteiger partial charge in [-0.25, -0.2) is 0 Å². The van der Waals surface area contributed by atoms with Crippen LogP contribution in [0.25, 0.3) is 0 Å². The lowest BCUT2D eigenvalue weighted by molar-refractivity contribution is 0.212. The SMILES string of the molecule is C1CC2CNCCN2C1.FS(=S)I. The maximum absolute atomic E-state index is 10.8. The van der Waals surface area contributed by atoms with Crippen LogP contribution in [-0.2, 0) is 18.2 Å². The van der Waals surface area contributed by atoms with Crippen LogP contribution in [0.5, 0.6) is 0 Å². The zero-order valence-corrected chi connectivity index (χ0v) is 11.1. The van der Waals surface area contributed by atoms with E-state index in [0.717, 1.165) is 6.04 Å². The molecule has 2 fully saturated rings. The minimum atomic E-state index is -1.31. The molecular weight excluding hydrogens is 322 g/mol. The number of rotatable bonds is 0. The Labute approximate surface area is 98.1 Å². The first-order chi connectivity index (χ1) is 6.20. The van der Waals surface area contributed by atoms with Crippen molar-refractivity contribution in [2.24, 2.45) is 0 Å². The zero-order chi connectivity index (χ0) is 9.68. The first-order valence-electron chi connectivity index (χ1n) is 4.39. The van der Waals surface area contributed by atoms with Gasteiger partial charge in [0, 0.05) is 46.9 Å². The molecule has 0 aromatic rings. The molecule has 2 nitrogen and oxygen atoms in total. The van der Waals surface area contributed by atoms with Crippen molar-refractivity contribution < 1.29 is 3.89 Å². The quantitative estimate of drug-likeness (QED) is 0.531. The van der Waals surface area contributed by atoms with Gasteiger partial charge >= 0.3 is 0 Å². The predicted octanol–water partition coefficient (Wildman–Crippen LogP) is 1.36. The summed E-state index contributed by atoms with van der Waals surface area (Å²) in [6.45, 7) is 5.08. The van der Waals surface area contributed by atoms with E-state index in [4.69, 9.17) is 0 Å². The van der Waals surface area contributed by atoms with E-state index in [1.165, 1.54) is 60.2 Å². The summed E-state index contributed by atoms with van der Waals surface area (Å²) in [4.78, 5) is 2.61. The van der Waals surface area contributed by atoms with Crippen LogP contribution in [0.15, 0.2) is 0 Å². The number of hydrogen-bond donors (Lipinski definition) is 1. The summed E-state index contributed by atoms with van der Waals surface area (Å²) >= 11 is 5.49. The molecule has 2 atom stereocenters. The van der Waals surface area contributed by atoms with Crippen LogP contribution in [0.2, 0.25) is 0 Å². The molecular formula is C7H14FIN2S2. The number of piperazine rings is 1. The van der Waals surface area contributed by atoms with E-state index in [1.807, 2.05) is 0 Å². The molecule has 78 valence electrons. The van der Waals surface area contributed by atoms with E-state index in [0.29, 0.717) is 0 Å². The van der Waals surface area contributed by atoms with E-state index in [9.17, 15) is 3.89 Å². The average Bonchev–Trinajstić information content (AvgIpc) is 2.49. The van der Waals surface area contributed by atoms with Crippen molar-refractivity contribution >= 4 is 39.4 Å². The third-order valence-electron chi connectivity index (χ3n) is 2.45. The Hall–Kier alpha value is 1.15. The van der Waals surface area contributed by atoms with E-state index in [2.05, 4.69) is 21.4 Å². The molecule has 0 radical (unpaired) electrons. The van der Waals surface area contributed by atoms with Gasteiger partial charge in [-0.15, -0.1) is 0 Å². The molecule has 0 aromatic heterocycles. The van der Waals surface area contributed by atoms with Gasteiger partial charge in [-0.3, -0.25) is 4.90 Å². The van der Waals surface area contributed by atoms with E-state index in [-0.39, 0.29) is 0 Å². The van der Waals surface area contributed by atoms with Crippen LogP contribution in [-0.4, -0.2) is 37.1 Å².